The fourth-order valence-electron chi connectivity index (χ4n) is 2.37. The fraction of sp³-hybridized carbons (Fsp3) is 0.500. The number of benzene rings is 1. The Labute approximate surface area is 124 Å². The van der Waals surface area contributed by atoms with E-state index in [4.69, 9.17) is 11.6 Å². The molecule has 0 N–H and O–H groups in total. The first kappa shape index (κ1) is 15.2. The second-order valence-corrected chi connectivity index (χ2v) is 7.92. The van der Waals surface area contributed by atoms with Crippen molar-refractivity contribution in [3.05, 3.63) is 33.8 Å². The van der Waals surface area contributed by atoms with Crippen LogP contribution in [0.3, 0.4) is 0 Å². The van der Waals surface area contributed by atoms with Crippen LogP contribution in [-0.2, 0) is 21.1 Å². The molecule has 0 radical (unpaired) electrons. The van der Waals surface area contributed by atoms with Gasteiger partial charge in [-0.2, -0.15) is 0 Å². The van der Waals surface area contributed by atoms with E-state index in [0.29, 0.717) is 10.9 Å². The standard InChI is InChI=1S/C12H12BrClF2O2S/c1-19(17,18)11-2-3-12(15,16)9-5-10(14)7(6-13)4-8(9)11/h4-5,11H,2-3,6H2,1H3. The van der Waals surface area contributed by atoms with Gasteiger partial charge < -0.3 is 0 Å². The summed E-state index contributed by atoms with van der Waals surface area (Å²) in [5.41, 5.74) is 0.535. The molecule has 1 aromatic rings. The number of rotatable bonds is 2. The van der Waals surface area contributed by atoms with E-state index < -0.39 is 27.4 Å². The number of halogens is 4. The van der Waals surface area contributed by atoms with Crippen LogP contribution in [0.1, 0.15) is 34.8 Å². The number of hydrogen-bond donors (Lipinski definition) is 0. The van der Waals surface area contributed by atoms with E-state index >= 15 is 0 Å². The SMILES string of the molecule is CS(=O)(=O)C1CCC(F)(F)c2cc(Cl)c(CBr)cc21. The molecule has 1 atom stereocenters. The summed E-state index contributed by atoms with van der Waals surface area (Å²) in [7, 11) is -3.42. The van der Waals surface area contributed by atoms with Gasteiger partial charge in [-0.3, -0.25) is 0 Å². The molecule has 0 heterocycles. The van der Waals surface area contributed by atoms with Crippen molar-refractivity contribution in [1.29, 1.82) is 0 Å². The van der Waals surface area contributed by atoms with E-state index in [1.165, 1.54) is 12.1 Å². The third-order valence-corrected chi connectivity index (χ3v) is 5.82. The molecule has 1 aliphatic carbocycles. The number of alkyl halides is 3. The molecule has 7 heteroatoms. The molecular weight excluding hydrogens is 362 g/mol. The first-order valence-electron chi connectivity index (χ1n) is 5.62. The minimum Gasteiger partial charge on any atom is -0.228 e. The molecule has 106 valence electrons. The average Bonchev–Trinajstić information content (AvgIpc) is 2.27. The number of fused-ring (bicyclic) bond motifs is 1. The van der Waals surface area contributed by atoms with Gasteiger partial charge in [-0.15, -0.1) is 0 Å². The van der Waals surface area contributed by atoms with Gasteiger partial charge in [-0.1, -0.05) is 33.6 Å². The van der Waals surface area contributed by atoms with Crippen LogP contribution >= 0.6 is 27.5 Å². The Hall–Kier alpha value is -0.200. The van der Waals surface area contributed by atoms with Crippen LogP contribution in [0, 0.1) is 0 Å². The molecule has 0 amide bonds. The Morgan fingerprint density at radius 1 is 1.47 bits per heavy atom. The van der Waals surface area contributed by atoms with E-state index in [1.807, 2.05) is 0 Å². The van der Waals surface area contributed by atoms with Crippen LogP contribution in [0.5, 0.6) is 0 Å². The van der Waals surface area contributed by atoms with Crippen LogP contribution in [0.25, 0.3) is 0 Å². The smallest absolute Gasteiger partial charge is 0.228 e. The quantitative estimate of drug-likeness (QED) is 0.728. The molecule has 19 heavy (non-hydrogen) atoms. The van der Waals surface area contributed by atoms with Gasteiger partial charge >= 0.3 is 0 Å². The van der Waals surface area contributed by atoms with Gasteiger partial charge in [-0.25, -0.2) is 17.2 Å². The maximum Gasteiger partial charge on any atom is 0.273 e. The fourth-order valence-corrected chi connectivity index (χ4v) is 4.43. The monoisotopic (exact) mass is 372 g/mol. The van der Waals surface area contributed by atoms with E-state index in [0.717, 1.165) is 6.26 Å². The Kier molecular flexibility index (Phi) is 3.97. The molecule has 1 aromatic carbocycles. The summed E-state index contributed by atoms with van der Waals surface area (Å²) < 4.78 is 51.3. The summed E-state index contributed by atoms with van der Waals surface area (Å²) in [5, 5.41) is -0.261. The number of hydrogen-bond acceptors (Lipinski definition) is 2. The lowest BCUT2D eigenvalue weighted by Crippen LogP contribution is -2.27. The lowest BCUT2D eigenvalue weighted by Gasteiger charge is -2.31. The van der Waals surface area contributed by atoms with Crippen molar-refractivity contribution in [2.24, 2.45) is 0 Å². The van der Waals surface area contributed by atoms with Crippen LogP contribution in [0.2, 0.25) is 5.02 Å². The van der Waals surface area contributed by atoms with Gasteiger partial charge in [0.15, 0.2) is 9.84 Å². The predicted molar refractivity (Wildman–Crippen MR) is 74.8 cm³/mol. The van der Waals surface area contributed by atoms with E-state index in [1.54, 1.807) is 0 Å². The molecule has 1 aliphatic rings. The van der Waals surface area contributed by atoms with E-state index in [-0.39, 0.29) is 22.6 Å². The van der Waals surface area contributed by atoms with Crippen molar-refractivity contribution in [3.63, 3.8) is 0 Å². The highest BCUT2D eigenvalue weighted by atomic mass is 79.9. The van der Waals surface area contributed by atoms with Gasteiger partial charge in [-0.05, 0) is 23.6 Å². The van der Waals surface area contributed by atoms with Crippen molar-refractivity contribution in [1.82, 2.24) is 0 Å². The molecule has 1 unspecified atom stereocenters. The zero-order chi connectivity index (χ0) is 14.4. The Bertz CT molecular complexity index is 616. The predicted octanol–water partition coefficient (Wildman–Crippen LogP) is 4.21. The van der Waals surface area contributed by atoms with Crippen LogP contribution in [0.4, 0.5) is 8.78 Å². The molecule has 0 bridgehead atoms. The second-order valence-electron chi connectivity index (χ2n) is 4.73. The maximum atomic E-state index is 13.9. The Morgan fingerprint density at radius 2 is 2.11 bits per heavy atom. The van der Waals surface area contributed by atoms with Crippen LogP contribution in [-0.4, -0.2) is 14.7 Å². The summed E-state index contributed by atoms with van der Waals surface area (Å²) in [4.78, 5) is 0. The molecule has 2 rings (SSSR count). The summed E-state index contributed by atoms with van der Waals surface area (Å²) in [5.74, 6) is -3.02. The first-order valence-corrected chi connectivity index (χ1v) is 9.07. The van der Waals surface area contributed by atoms with Gasteiger partial charge in [0.1, 0.15) is 0 Å². The molecule has 0 saturated carbocycles. The van der Waals surface area contributed by atoms with Crippen LogP contribution < -0.4 is 0 Å². The topological polar surface area (TPSA) is 34.1 Å². The Morgan fingerprint density at radius 3 is 2.63 bits per heavy atom. The lowest BCUT2D eigenvalue weighted by molar-refractivity contribution is -0.0222. The zero-order valence-corrected chi connectivity index (χ0v) is 13.2. The van der Waals surface area contributed by atoms with Crippen molar-refractivity contribution in [3.8, 4) is 0 Å². The minimum absolute atomic E-state index is 0.0673. The molecular formula is C12H12BrClF2O2S. The molecule has 2 nitrogen and oxygen atoms in total. The molecule has 0 saturated heterocycles. The maximum absolute atomic E-state index is 13.9. The minimum atomic E-state index is -3.42. The number of sulfone groups is 1. The summed E-state index contributed by atoms with van der Waals surface area (Å²) >= 11 is 9.15. The van der Waals surface area contributed by atoms with Gasteiger partial charge in [0.05, 0.1) is 5.25 Å². The van der Waals surface area contributed by atoms with Gasteiger partial charge in [0, 0.05) is 28.6 Å². The third-order valence-electron chi connectivity index (χ3n) is 3.34. The van der Waals surface area contributed by atoms with E-state index in [2.05, 4.69) is 15.9 Å². The van der Waals surface area contributed by atoms with Gasteiger partial charge in [0.25, 0.3) is 5.92 Å². The molecule has 0 fully saturated rings. The normalized spacial score (nSPS) is 22.1. The molecule has 0 spiro atoms. The Balaban J connectivity index is 2.70. The third kappa shape index (κ3) is 2.81. The lowest BCUT2D eigenvalue weighted by atomic mass is 9.87. The van der Waals surface area contributed by atoms with Crippen LogP contribution in [0.15, 0.2) is 12.1 Å². The second kappa shape index (κ2) is 4.97. The zero-order valence-electron chi connectivity index (χ0n) is 10.1. The highest BCUT2D eigenvalue weighted by molar-refractivity contribution is 9.08. The van der Waals surface area contributed by atoms with Gasteiger partial charge in [0.2, 0.25) is 0 Å². The van der Waals surface area contributed by atoms with Crippen molar-refractivity contribution < 1.29 is 17.2 Å². The van der Waals surface area contributed by atoms with E-state index in [9.17, 15) is 17.2 Å². The molecule has 0 aliphatic heterocycles. The van der Waals surface area contributed by atoms with Crippen molar-refractivity contribution in [2.45, 2.75) is 29.3 Å². The largest absolute Gasteiger partial charge is 0.273 e. The van der Waals surface area contributed by atoms with Crippen molar-refractivity contribution in [2.75, 3.05) is 6.26 Å². The first-order chi connectivity index (χ1) is 8.66. The summed E-state index contributed by atoms with van der Waals surface area (Å²) in [6.45, 7) is 0. The molecule has 0 aromatic heterocycles. The summed E-state index contributed by atoms with van der Waals surface area (Å²) in [6, 6.07) is 2.68. The van der Waals surface area contributed by atoms with Crippen molar-refractivity contribution >= 4 is 37.4 Å². The summed E-state index contributed by atoms with van der Waals surface area (Å²) in [6.07, 6.45) is 0.539. The highest BCUT2D eigenvalue weighted by Gasteiger charge is 2.43. The highest BCUT2D eigenvalue weighted by Crippen LogP contribution is 2.48. The average molecular weight is 374 g/mol.